The Kier molecular flexibility index (Phi) is 7.64. The van der Waals surface area contributed by atoms with Crippen LogP contribution in [0.5, 0.6) is 0 Å². The lowest BCUT2D eigenvalue weighted by molar-refractivity contribution is -0.384. The number of hydrogen-bond acceptors (Lipinski definition) is 7. The molecular weight excluding hydrogens is 516 g/mol. The zero-order valence-corrected chi connectivity index (χ0v) is 21.8. The van der Waals surface area contributed by atoms with E-state index >= 15 is 0 Å². The number of nitro benzene ring substituents is 1. The lowest BCUT2D eigenvalue weighted by Gasteiger charge is -2.23. The average Bonchev–Trinajstić information content (AvgIpc) is 3.61. The summed E-state index contributed by atoms with van der Waals surface area (Å²) in [5.74, 6) is -1.28. The zero-order chi connectivity index (χ0) is 27.4. The Balaban J connectivity index is 1.40. The van der Waals surface area contributed by atoms with Gasteiger partial charge in [-0.2, -0.15) is 0 Å². The third kappa shape index (κ3) is 6.12. The lowest BCUT2D eigenvalue weighted by Crippen LogP contribution is -2.26. The van der Waals surface area contributed by atoms with E-state index in [1.165, 1.54) is 34.6 Å². The topological polar surface area (TPSA) is 126 Å². The Morgan fingerprint density at radius 1 is 1.03 bits per heavy atom. The largest absolute Gasteiger partial charge is 0.481 e. The second-order valence-corrected chi connectivity index (χ2v) is 10.1. The molecule has 3 aromatic carbocycles. The van der Waals surface area contributed by atoms with Crippen LogP contribution in [0.4, 0.5) is 16.5 Å². The number of hydrogen-bond donors (Lipinski definition) is 2. The van der Waals surface area contributed by atoms with Gasteiger partial charge in [-0.15, -0.1) is 11.3 Å². The SMILES string of the molecule is O=C(O)CCNC(=O)c1ccc(CN(c2ccc3c(c2)CCC3)c2nc(-c3ccc([N+](=O)[O-])cc3)cs2)cc1. The minimum atomic E-state index is -0.962. The molecule has 5 rings (SSSR count). The highest BCUT2D eigenvalue weighted by Crippen LogP contribution is 2.36. The minimum Gasteiger partial charge on any atom is -0.481 e. The number of nitrogens with zero attached hydrogens (tertiary/aromatic N) is 3. The van der Waals surface area contributed by atoms with Gasteiger partial charge in [0.25, 0.3) is 11.6 Å². The van der Waals surface area contributed by atoms with E-state index in [2.05, 4.69) is 28.4 Å². The van der Waals surface area contributed by atoms with Gasteiger partial charge in [-0.1, -0.05) is 18.2 Å². The molecule has 1 aromatic heterocycles. The van der Waals surface area contributed by atoms with Crippen LogP contribution in [0.1, 0.15) is 39.9 Å². The number of thiazole rings is 1. The summed E-state index contributed by atoms with van der Waals surface area (Å²) in [6.45, 7) is 0.593. The highest BCUT2D eigenvalue weighted by Gasteiger charge is 2.19. The van der Waals surface area contributed by atoms with Crippen LogP contribution in [-0.4, -0.2) is 33.4 Å². The summed E-state index contributed by atoms with van der Waals surface area (Å²) in [5.41, 5.74) is 6.76. The van der Waals surface area contributed by atoms with Crippen molar-refractivity contribution in [3.05, 3.63) is 104 Å². The minimum absolute atomic E-state index is 0.0352. The van der Waals surface area contributed by atoms with E-state index in [1.807, 2.05) is 17.5 Å². The van der Waals surface area contributed by atoms with Crippen molar-refractivity contribution < 1.29 is 19.6 Å². The maximum atomic E-state index is 12.3. The Morgan fingerprint density at radius 3 is 2.49 bits per heavy atom. The number of non-ortho nitro benzene ring substituents is 1. The number of fused-ring (bicyclic) bond motifs is 1. The van der Waals surface area contributed by atoms with E-state index in [0.717, 1.165) is 46.9 Å². The van der Waals surface area contributed by atoms with Gasteiger partial charge in [0.1, 0.15) is 0 Å². The van der Waals surface area contributed by atoms with Crippen LogP contribution in [0.15, 0.2) is 72.1 Å². The highest BCUT2D eigenvalue weighted by atomic mass is 32.1. The van der Waals surface area contributed by atoms with E-state index < -0.39 is 10.9 Å². The Bertz CT molecular complexity index is 1520. The Morgan fingerprint density at radius 2 is 1.77 bits per heavy atom. The number of nitro groups is 1. The van der Waals surface area contributed by atoms with Crippen LogP contribution in [0.2, 0.25) is 0 Å². The molecular formula is C29H26N4O5S. The summed E-state index contributed by atoms with van der Waals surface area (Å²) in [5, 5.41) is 25.1. The van der Waals surface area contributed by atoms with Crippen LogP contribution in [0, 0.1) is 10.1 Å². The van der Waals surface area contributed by atoms with Crippen molar-refractivity contribution in [2.75, 3.05) is 11.4 Å². The van der Waals surface area contributed by atoms with Crippen LogP contribution < -0.4 is 10.2 Å². The molecule has 0 unspecified atom stereocenters. The van der Waals surface area contributed by atoms with Gasteiger partial charge in [0.05, 0.1) is 23.6 Å². The first-order chi connectivity index (χ1) is 18.9. The Hall–Kier alpha value is -4.57. The number of rotatable bonds is 10. The van der Waals surface area contributed by atoms with Gasteiger partial charge >= 0.3 is 5.97 Å². The van der Waals surface area contributed by atoms with E-state index in [4.69, 9.17) is 10.1 Å². The van der Waals surface area contributed by atoms with Crippen molar-refractivity contribution in [3.8, 4) is 11.3 Å². The van der Waals surface area contributed by atoms with Crippen molar-refractivity contribution in [2.45, 2.75) is 32.2 Å². The zero-order valence-electron chi connectivity index (χ0n) is 21.0. The van der Waals surface area contributed by atoms with E-state index in [0.29, 0.717) is 12.1 Å². The smallest absolute Gasteiger partial charge is 0.305 e. The van der Waals surface area contributed by atoms with Crippen molar-refractivity contribution in [1.82, 2.24) is 10.3 Å². The molecule has 10 heteroatoms. The fraction of sp³-hybridized carbons (Fsp3) is 0.207. The monoisotopic (exact) mass is 542 g/mol. The molecule has 0 fully saturated rings. The third-order valence-electron chi connectivity index (χ3n) is 6.67. The average molecular weight is 543 g/mol. The van der Waals surface area contributed by atoms with Crippen LogP contribution in [0.3, 0.4) is 0 Å². The van der Waals surface area contributed by atoms with Gasteiger partial charge in [-0.05, 0) is 72.4 Å². The van der Waals surface area contributed by atoms with E-state index in [-0.39, 0.29) is 24.6 Å². The summed E-state index contributed by atoms with van der Waals surface area (Å²) < 4.78 is 0. The summed E-state index contributed by atoms with van der Waals surface area (Å²) in [4.78, 5) is 40.7. The van der Waals surface area contributed by atoms with Gasteiger partial charge in [0.2, 0.25) is 0 Å². The van der Waals surface area contributed by atoms with Crippen LogP contribution >= 0.6 is 11.3 Å². The molecule has 1 aliphatic rings. The van der Waals surface area contributed by atoms with E-state index in [9.17, 15) is 19.7 Å². The summed E-state index contributed by atoms with van der Waals surface area (Å²) >= 11 is 1.50. The maximum absolute atomic E-state index is 12.3. The van der Waals surface area contributed by atoms with Crippen molar-refractivity contribution >= 4 is 39.7 Å². The number of aromatic nitrogens is 1. The molecule has 0 saturated carbocycles. The molecule has 1 aliphatic carbocycles. The number of aryl methyl sites for hydroxylation is 2. The first kappa shape index (κ1) is 26.1. The molecule has 0 saturated heterocycles. The van der Waals surface area contributed by atoms with Gasteiger partial charge in [0.15, 0.2) is 5.13 Å². The lowest BCUT2D eigenvalue weighted by atomic mass is 10.1. The Labute approximate surface area is 228 Å². The first-order valence-electron chi connectivity index (χ1n) is 12.6. The molecule has 1 heterocycles. The molecule has 0 atom stereocenters. The number of carbonyl (C=O) groups is 2. The molecule has 198 valence electrons. The molecule has 4 aromatic rings. The highest BCUT2D eigenvalue weighted by molar-refractivity contribution is 7.14. The second-order valence-electron chi connectivity index (χ2n) is 9.31. The van der Waals surface area contributed by atoms with Crippen LogP contribution in [0.25, 0.3) is 11.3 Å². The second kappa shape index (κ2) is 11.4. The summed E-state index contributed by atoms with van der Waals surface area (Å²) in [7, 11) is 0. The molecule has 2 N–H and O–H groups in total. The van der Waals surface area contributed by atoms with E-state index in [1.54, 1.807) is 24.3 Å². The predicted octanol–water partition coefficient (Wildman–Crippen LogP) is 5.75. The van der Waals surface area contributed by atoms with Gasteiger partial charge in [-0.3, -0.25) is 19.7 Å². The number of anilines is 2. The fourth-order valence-corrected chi connectivity index (χ4v) is 5.45. The third-order valence-corrected chi connectivity index (χ3v) is 7.54. The van der Waals surface area contributed by atoms with Crippen LogP contribution in [-0.2, 0) is 24.2 Å². The van der Waals surface area contributed by atoms with Crippen molar-refractivity contribution in [2.24, 2.45) is 0 Å². The standard InChI is InChI=1S/C29H26N4O5S/c34-27(35)14-15-30-28(36)22-6-4-19(5-7-22)17-32(25-13-8-20-2-1-3-23(20)16-25)29-31-26(18-39-29)21-9-11-24(12-10-21)33(37)38/h4-13,16,18H,1-3,14-15,17H2,(H,30,36)(H,34,35). The molecule has 0 radical (unpaired) electrons. The summed E-state index contributed by atoms with van der Waals surface area (Å²) in [6.07, 6.45) is 3.16. The number of carbonyl (C=O) groups excluding carboxylic acids is 1. The maximum Gasteiger partial charge on any atom is 0.305 e. The van der Waals surface area contributed by atoms with Gasteiger partial charge in [0, 0.05) is 40.9 Å². The predicted molar refractivity (Wildman–Crippen MR) is 150 cm³/mol. The molecule has 1 amide bonds. The molecule has 39 heavy (non-hydrogen) atoms. The van der Waals surface area contributed by atoms with Gasteiger partial charge < -0.3 is 15.3 Å². The number of aliphatic carboxylic acids is 1. The first-order valence-corrected chi connectivity index (χ1v) is 13.4. The number of carboxylic acids is 1. The normalized spacial score (nSPS) is 12.1. The molecule has 0 spiro atoms. The molecule has 0 aliphatic heterocycles. The van der Waals surface area contributed by atoms with Crippen molar-refractivity contribution in [3.63, 3.8) is 0 Å². The molecule has 0 bridgehead atoms. The summed E-state index contributed by atoms with van der Waals surface area (Å²) in [6, 6.07) is 20.1. The number of carboxylic acid groups (broad SMARTS) is 1. The number of amides is 1. The number of nitrogens with one attached hydrogen (secondary N) is 1. The quantitative estimate of drug-likeness (QED) is 0.193. The van der Waals surface area contributed by atoms with Crippen molar-refractivity contribution in [1.29, 1.82) is 0 Å². The fourth-order valence-electron chi connectivity index (χ4n) is 4.60. The number of benzene rings is 3. The van der Waals surface area contributed by atoms with Gasteiger partial charge in [-0.25, -0.2) is 4.98 Å². The molecule has 9 nitrogen and oxygen atoms in total.